The lowest BCUT2D eigenvalue weighted by molar-refractivity contribution is -0.144. The maximum atomic E-state index is 16.9. The lowest BCUT2D eigenvalue weighted by Gasteiger charge is -2.47. The predicted octanol–water partition coefficient (Wildman–Crippen LogP) is 4.59. The molecule has 1 saturated carbocycles. The molecule has 10 heteroatoms. The molecule has 2 bridgehead atoms. The number of carbonyl (C=O) groups is 1. The van der Waals surface area contributed by atoms with Crippen LogP contribution in [0.2, 0.25) is 0 Å². The third-order valence-corrected chi connectivity index (χ3v) is 11.6. The molecule has 4 aromatic rings. The van der Waals surface area contributed by atoms with E-state index in [4.69, 9.17) is 21.1 Å². The van der Waals surface area contributed by atoms with Gasteiger partial charge >= 0.3 is 6.01 Å². The zero-order valence-corrected chi connectivity index (χ0v) is 26.9. The first kappa shape index (κ1) is 29.7. The van der Waals surface area contributed by atoms with Crippen LogP contribution in [-0.2, 0) is 4.79 Å². The first-order valence-electron chi connectivity index (χ1n) is 17.2. The lowest BCUT2D eigenvalue weighted by atomic mass is 9.72. The number of fused-ring (bicyclic) bond motifs is 4. The highest BCUT2D eigenvalue weighted by Crippen LogP contribution is 2.48. The predicted molar refractivity (Wildman–Crippen MR) is 182 cm³/mol. The fraction of sp³-hybridized carbons (Fsp3) is 0.447. The van der Waals surface area contributed by atoms with E-state index in [1.165, 1.54) is 0 Å². The van der Waals surface area contributed by atoms with Gasteiger partial charge in [0, 0.05) is 65.6 Å². The van der Waals surface area contributed by atoms with Crippen molar-refractivity contribution in [2.24, 2.45) is 10.8 Å². The molecule has 48 heavy (non-hydrogen) atoms. The smallest absolute Gasteiger partial charge is 0.319 e. The average Bonchev–Trinajstić information content (AvgIpc) is 3.79. The summed E-state index contributed by atoms with van der Waals surface area (Å²) in [6.07, 6.45) is 12.0. The summed E-state index contributed by atoms with van der Waals surface area (Å²) in [5.41, 5.74) is 1.49. The van der Waals surface area contributed by atoms with E-state index in [0.29, 0.717) is 52.0 Å². The van der Waals surface area contributed by atoms with Gasteiger partial charge in [-0.15, -0.1) is 6.42 Å². The van der Waals surface area contributed by atoms with E-state index >= 15 is 4.39 Å². The topological polar surface area (TPSA) is 103 Å². The first-order chi connectivity index (χ1) is 23.3. The molecule has 0 radical (unpaired) electrons. The van der Waals surface area contributed by atoms with Gasteiger partial charge in [0.1, 0.15) is 17.1 Å². The number of halogens is 1. The zero-order valence-electron chi connectivity index (χ0n) is 26.9. The number of phenols is 1. The fourth-order valence-corrected chi connectivity index (χ4v) is 8.52. The number of piperidine rings is 1. The third-order valence-electron chi connectivity index (χ3n) is 11.6. The monoisotopic (exact) mass is 646 g/mol. The number of benzene rings is 3. The number of phenolic OH excluding ortho intramolecular Hbond substituents is 1. The molecule has 2 atom stereocenters. The number of anilines is 1. The molecule has 1 amide bonds. The molecule has 4 aliphatic heterocycles. The van der Waals surface area contributed by atoms with Crippen LogP contribution in [0.3, 0.4) is 0 Å². The van der Waals surface area contributed by atoms with Crippen LogP contribution in [0.4, 0.5) is 10.2 Å². The number of hydrogen-bond acceptors (Lipinski definition) is 8. The SMILES string of the molecule is C#Cc1cccc2cc(O)cc(-c3ccc4c(N5CC6CCC(C5)N6)nc(OCC5(CN6CCC7(CC6)CNC7=O)CC5)nc4c3F)c12. The van der Waals surface area contributed by atoms with Gasteiger partial charge in [0.25, 0.3) is 0 Å². The number of β-lactam (4-membered cyclic amide) rings is 1. The van der Waals surface area contributed by atoms with Crippen molar-refractivity contribution >= 4 is 33.4 Å². The van der Waals surface area contributed by atoms with E-state index in [9.17, 15) is 9.90 Å². The van der Waals surface area contributed by atoms with Gasteiger partial charge in [-0.1, -0.05) is 24.1 Å². The number of nitrogens with one attached hydrogen (secondary N) is 2. The van der Waals surface area contributed by atoms with Gasteiger partial charge in [0.15, 0.2) is 5.82 Å². The minimum absolute atomic E-state index is 0.00546. The highest BCUT2D eigenvalue weighted by atomic mass is 19.1. The number of carbonyl (C=O) groups excluding carboxylic acids is 1. The molecule has 9 rings (SSSR count). The Bertz CT molecular complexity index is 2000. The van der Waals surface area contributed by atoms with E-state index in [1.807, 2.05) is 24.3 Å². The van der Waals surface area contributed by atoms with Crippen LogP contribution in [0.1, 0.15) is 44.1 Å². The number of amides is 1. The van der Waals surface area contributed by atoms with Gasteiger partial charge in [-0.25, -0.2) is 4.39 Å². The normalized spacial score (nSPS) is 24.0. The van der Waals surface area contributed by atoms with Gasteiger partial charge in [-0.3, -0.25) is 4.79 Å². The lowest BCUT2D eigenvalue weighted by Crippen LogP contribution is -2.63. The van der Waals surface area contributed by atoms with Crippen molar-refractivity contribution < 1.29 is 19.0 Å². The average molecular weight is 647 g/mol. The second-order valence-corrected chi connectivity index (χ2v) is 14.8. The summed E-state index contributed by atoms with van der Waals surface area (Å²) in [6, 6.07) is 13.3. The van der Waals surface area contributed by atoms with E-state index in [1.54, 1.807) is 18.2 Å². The van der Waals surface area contributed by atoms with Crippen molar-refractivity contribution in [2.75, 3.05) is 50.8 Å². The second-order valence-electron chi connectivity index (χ2n) is 14.8. The number of hydrogen-bond donors (Lipinski definition) is 3. The number of nitrogens with zero attached hydrogens (tertiary/aromatic N) is 4. The number of likely N-dealkylation sites (tertiary alicyclic amines) is 1. The Morgan fingerprint density at radius 2 is 1.83 bits per heavy atom. The quantitative estimate of drug-likeness (QED) is 0.198. The fourth-order valence-electron chi connectivity index (χ4n) is 8.52. The molecule has 4 saturated heterocycles. The van der Waals surface area contributed by atoms with Crippen LogP contribution < -0.4 is 20.3 Å². The molecule has 5 fully saturated rings. The molecule has 9 nitrogen and oxygen atoms in total. The highest BCUT2D eigenvalue weighted by molar-refractivity contribution is 6.04. The van der Waals surface area contributed by atoms with Gasteiger partial charge in [0.2, 0.25) is 5.91 Å². The molecule has 1 aliphatic carbocycles. The Balaban J connectivity index is 1.06. The van der Waals surface area contributed by atoms with Crippen LogP contribution in [0.15, 0.2) is 42.5 Å². The minimum atomic E-state index is -0.499. The van der Waals surface area contributed by atoms with E-state index in [0.717, 1.165) is 83.2 Å². The van der Waals surface area contributed by atoms with Crippen LogP contribution >= 0.6 is 0 Å². The molecule has 2 unspecified atom stereocenters. The molecular formula is C38H39FN6O3. The van der Waals surface area contributed by atoms with E-state index in [-0.39, 0.29) is 34.0 Å². The summed E-state index contributed by atoms with van der Waals surface area (Å²) in [5.74, 6) is 3.15. The molecule has 3 N–H and O–H groups in total. The Morgan fingerprint density at radius 1 is 1.04 bits per heavy atom. The highest BCUT2D eigenvalue weighted by Gasteiger charge is 2.50. The number of piperazine rings is 1. The van der Waals surface area contributed by atoms with Crippen LogP contribution in [0.25, 0.3) is 32.8 Å². The minimum Gasteiger partial charge on any atom is -0.508 e. The van der Waals surface area contributed by atoms with Gasteiger partial charge < -0.3 is 30.3 Å². The molecular weight excluding hydrogens is 607 g/mol. The van der Waals surface area contributed by atoms with Crippen molar-refractivity contribution in [3.63, 3.8) is 0 Å². The Morgan fingerprint density at radius 3 is 2.52 bits per heavy atom. The maximum Gasteiger partial charge on any atom is 0.319 e. The molecule has 3 aromatic carbocycles. The summed E-state index contributed by atoms with van der Waals surface area (Å²) in [5, 5.41) is 19.3. The summed E-state index contributed by atoms with van der Waals surface area (Å²) < 4.78 is 23.3. The van der Waals surface area contributed by atoms with Gasteiger partial charge in [0.05, 0.1) is 12.0 Å². The Kier molecular flexibility index (Phi) is 6.82. The van der Waals surface area contributed by atoms with Crippen LogP contribution in [0, 0.1) is 29.0 Å². The van der Waals surface area contributed by atoms with Gasteiger partial charge in [-0.05, 0) is 86.8 Å². The molecule has 246 valence electrons. The first-order valence-corrected chi connectivity index (χ1v) is 17.2. The number of terminal acetylenes is 1. The molecule has 5 aliphatic rings. The van der Waals surface area contributed by atoms with Crippen LogP contribution in [0.5, 0.6) is 11.8 Å². The summed E-state index contributed by atoms with van der Waals surface area (Å²) in [6.45, 7) is 5.56. The number of ether oxygens (including phenoxy) is 1. The summed E-state index contributed by atoms with van der Waals surface area (Å²) in [4.78, 5) is 26.6. The summed E-state index contributed by atoms with van der Waals surface area (Å²) in [7, 11) is 0. The number of rotatable bonds is 7. The van der Waals surface area contributed by atoms with Crippen molar-refractivity contribution in [1.29, 1.82) is 0 Å². The Hall–Kier alpha value is -4.46. The van der Waals surface area contributed by atoms with E-state index in [2.05, 4.69) is 26.4 Å². The van der Waals surface area contributed by atoms with Crippen molar-refractivity contribution in [3.05, 3.63) is 53.8 Å². The molecule has 1 spiro atoms. The van der Waals surface area contributed by atoms with Gasteiger partial charge in [-0.2, -0.15) is 9.97 Å². The largest absolute Gasteiger partial charge is 0.508 e. The second kappa shape index (κ2) is 11.0. The zero-order chi connectivity index (χ0) is 32.6. The van der Waals surface area contributed by atoms with Crippen molar-refractivity contribution in [1.82, 2.24) is 25.5 Å². The Labute approximate surface area is 278 Å². The third kappa shape index (κ3) is 4.94. The standard InChI is InChI=1S/C38H39FN6O3/c1-2-23-4-3-5-24-16-27(46)17-30(31(23)24)28-8-9-29-33(32(28)39)42-36(43-34(29)45-18-25-6-7-26(19-45)41-25)48-22-37(10-11-37)21-44-14-12-38(13-15-44)20-40-35(38)47/h1,3-5,8-9,16-17,25-26,41,46H,6-7,10-15,18-22H2,(H,40,47). The number of aromatic nitrogens is 2. The number of aromatic hydroxyl groups is 1. The van der Waals surface area contributed by atoms with Crippen molar-refractivity contribution in [2.45, 2.75) is 50.6 Å². The summed E-state index contributed by atoms with van der Waals surface area (Å²) >= 11 is 0. The molecule has 5 heterocycles. The molecule has 1 aromatic heterocycles. The van der Waals surface area contributed by atoms with Crippen LogP contribution in [-0.4, -0.2) is 83.8 Å². The van der Waals surface area contributed by atoms with Crippen molar-refractivity contribution in [3.8, 4) is 35.2 Å². The maximum absolute atomic E-state index is 16.9. The van der Waals surface area contributed by atoms with E-state index < -0.39 is 5.82 Å².